The van der Waals surface area contributed by atoms with Crippen molar-refractivity contribution in [2.24, 2.45) is 5.73 Å². The zero-order chi connectivity index (χ0) is 13.3. The second-order valence-electron chi connectivity index (χ2n) is 5.52. The van der Waals surface area contributed by atoms with Crippen molar-refractivity contribution in [1.29, 1.82) is 0 Å². The molecule has 1 aliphatic carbocycles. The maximum atomic E-state index is 6.59. The van der Waals surface area contributed by atoms with Gasteiger partial charge in [0.15, 0.2) is 0 Å². The molecule has 0 aromatic heterocycles. The van der Waals surface area contributed by atoms with Gasteiger partial charge in [0, 0.05) is 7.11 Å². The van der Waals surface area contributed by atoms with Gasteiger partial charge < -0.3 is 10.5 Å². The number of benzene rings is 2. The van der Waals surface area contributed by atoms with Crippen molar-refractivity contribution in [2.75, 3.05) is 7.11 Å². The third-order valence-electron chi connectivity index (χ3n) is 4.58. The van der Waals surface area contributed by atoms with Crippen LogP contribution < -0.4 is 5.73 Å². The van der Waals surface area contributed by atoms with Crippen molar-refractivity contribution < 1.29 is 4.74 Å². The molecule has 2 aromatic rings. The Morgan fingerprint density at radius 2 is 1.74 bits per heavy atom. The Morgan fingerprint density at radius 3 is 2.47 bits per heavy atom. The lowest BCUT2D eigenvalue weighted by atomic mass is 9.85. The van der Waals surface area contributed by atoms with Crippen LogP contribution in [0.5, 0.6) is 0 Å². The third-order valence-corrected chi connectivity index (χ3v) is 4.58. The number of fused-ring (bicyclic) bond motifs is 1. The van der Waals surface area contributed by atoms with Crippen LogP contribution in [0.2, 0.25) is 0 Å². The molecule has 0 bridgehead atoms. The Morgan fingerprint density at radius 1 is 1.05 bits per heavy atom. The van der Waals surface area contributed by atoms with Crippen LogP contribution in [0.15, 0.2) is 42.5 Å². The molecule has 2 aromatic carbocycles. The molecule has 0 spiro atoms. The lowest BCUT2D eigenvalue weighted by Crippen LogP contribution is -2.40. The number of ether oxygens (including phenoxy) is 1. The molecular weight excluding hydrogens is 234 g/mol. The van der Waals surface area contributed by atoms with Gasteiger partial charge in [-0.15, -0.1) is 0 Å². The van der Waals surface area contributed by atoms with Crippen LogP contribution in [0, 0.1) is 0 Å². The summed E-state index contributed by atoms with van der Waals surface area (Å²) in [5.74, 6) is 0. The zero-order valence-electron chi connectivity index (χ0n) is 11.4. The molecule has 0 saturated heterocycles. The summed E-state index contributed by atoms with van der Waals surface area (Å²) >= 11 is 0. The maximum absolute atomic E-state index is 6.59. The highest BCUT2D eigenvalue weighted by Gasteiger charge is 2.40. The fraction of sp³-hybridized carbons (Fsp3) is 0.412. The SMILES string of the molecule is COC1(C(N)c2cccc3ccccc23)CCCC1. The van der Waals surface area contributed by atoms with Crippen molar-refractivity contribution in [3.8, 4) is 0 Å². The topological polar surface area (TPSA) is 35.2 Å². The van der Waals surface area contributed by atoms with Gasteiger partial charge in [0.2, 0.25) is 0 Å². The zero-order valence-corrected chi connectivity index (χ0v) is 11.4. The summed E-state index contributed by atoms with van der Waals surface area (Å²) in [6.45, 7) is 0. The minimum Gasteiger partial charge on any atom is -0.376 e. The number of nitrogens with two attached hydrogens (primary N) is 1. The van der Waals surface area contributed by atoms with E-state index in [1.54, 1.807) is 7.11 Å². The summed E-state index contributed by atoms with van der Waals surface area (Å²) in [4.78, 5) is 0. The molecule has 2 heteroatoms. The monoisotopic (exact) mass is 255 g/mol. The molecule has 3 rings (SSSR count). The number of methoxy groups -OCH3 is 1. The van der Waals surface area contributed by atoms with E-state index in [9.17, 15) is 0 Å². The molecule has 0 amide bonds. The first kappa shape index (κ1) is 12.6. The standard InChI is InChI=1S/C17H21NO/c1-19-17(11-4-5-12-17)16(18)15-10-6-8-13-7-2-3-9-14(13)15/h2-3,6-10,16H,4-5,11-12,18H2,1H3. The van der Waals surface area contributed by atoms with Gasteiger partial charge in [0.25, 0.3) is 0 Å². The largest absolute Gasteiger partial charge is 0.376 e. The van der Waals surface area contributed by atoms with Crippen LogP contribution in [0.25, 0.3) is 10.8 Å². The van der Waals surface area contributed by atoms with E-state index in [2.05, 4.69) is 42.5 Å². The summed E-state index contributed by atoms with van der Waals surface area (Å²) in [6.07, 6.45) is 4.56. The van der Waals surface area contributed by atoms with Gasteiger partial charge in [-0.05, 0) is 29.2 Å². The van der Waals surface area contributed by atoms with E-state index in [0.29, 0.717) is 0 Å². The average Bonchev–Trinajstić information content (AvgIpc) is 2.96. The van der Waals surface area contributed by atoms with Crippen molar-refractivity contribution in [2.45, 2.75) is 37.3 Å². The van der Waals surface area contributed by atoms with E-state index in [-0.39, 0.29) is 11.6 Å². The van der Waals surface area contributed by atoms with Crippen molar-refractivity contribution in [1.82, 2.24) is 0 Å². The first-order valence-corrected chi connectivity index (χ1v) is 7.05. The lowest BCUT2D eigenvalue weighted by molar-refractivity contribution is -0.0260. The van der Waals surface area contributed by atoms with Crippen LogP contribution in [-0.4, -0.2) is 12.7 Å². The van der Waals surface area contributed by atoms with Crippen LogP contribution in [0.1, 0.15) is 37.3 Å². The van der Waals surface area contributed by atoms with Crippen molar-refractivity contribution >= 4 is 10.8 Å². The Hall–Kier alpha value is -1.38. The van der Waals surface area contributed by atoms with Gasteiger partial charge >= 0.3 is 0 Å². The number of hydrogen-bond donors (Lipinski definition) is 1. The molecule has 100 valence electrons. The predicted octanol–water partition coefficient (Wildman–Crippen LogP) is 3.80. The highest BCUT2D eigenvalue weighted by Crippen LogP contribution is 2.42. The van der Waals surface area contributed by atoms with Gasteiger partial charge in [0.1, 0.15) is 0 Å². The lowest BCUT2D eigenvalue weighted by Gasteiger charge is -2.34. The molecule has 1 atom stereocenters. The molecule has 1 unspecified atom stereocenters. The van der Waals surface area contributed by atoms with Gasteiger partial charge in [-0.2, -0.15) is 0 Å². The summed E-state index contributed by atoms with van der Waals surface area (Å²) in [5.41, 5.74) is 7.62. The predicted molar refractivity (Wildman–Crippen MR) is 79.1 cm³/mol. The summed E-state index contributed by atoms with van der Waals surface area (Å²) < 4.78 is 5.84. The Balaban J connectivity index is 2.08. The molecule has 0 radical (unpaired) electrons. The quantitative estimate of drug-likeness (QED) is 0.905. The van der Waals surface area contributed by atoms with E-state index in [1.165, 1.54) is 29.2 Å². The second kappa shape index (κ2) is 4.95. The van der Waals surface area contributed by atoms with Crippen LogP contribution in [0.3, 0.4) is 0 Å². The first-order chi connectivity index (χ1) is 9.27. The molecule has 2 N–H and O–H groups in total. The van der Waals surface area contributed by atoms with Gasteiger partial charge in [-0.3, -0.25) is 0 Å². The molecular formula is C17H21NO. The molecule has 0 aliphatic heterocycles. The Kier molecular flexibility index (Phi) is 3.29. The van der Waals surface area contributed by atoms with Gasteiger partial charge in [0.05, 0.1) is 11.6 Å². The fourth-order valence-corrected chi connectivity index (χ4v) is 3.42. The average molecular weight is 255 g/mol. The minimum atomic E-state index is -0.176. The van der Waals surface area contributed by atoms with E-state index < -0.39 is 0 Å². The maximum Gasteiger partial charge on any atom is 0.0870 e. The molecule has 1 aliphatic rings. The van der Waals surface area contributed by atoms with Crippen LogP contribution in [0.4, 0.5) is 0 Å². The second-order valence-corrected chi connectivity index (χ2v) is 5.52. The molecule has 19 heavy (non-hydrogen) atoms. The minimum absolute atomic E-state index is 0.0499. The first-order valence-electron chi connectivity index (χ1n) is 7.05. The molecule has 0 heterocycles. The highest BCUT2D eigenvalue weighted by atomic mass is 16.5. The van der Waals surface area contributed by atoms with Gasteiger partial charge in [-0.1, -0.05) is 55.3 Å². The molecule has 2 nitrogen and oxygen atoms in total. The Labute approximate surface area is 114 Å². The summed E-state index contributed by atoms with van der Waals surface area (Å²) in [5, 5.41) is 2.50. The van der Waals surface area contributed by atoms with E-state index in [4.69, 9.17) is 10.5 Å². The summed E-state index contributed by atoms with van der Waals surface area (Å²) in [6, 6.07) is 14.8. The number of rotatable bonds is 3. The Bertz CT molecular complexity index is 567. The van der Waals surface area contributed by atoms with Crippen LogP contribution in [-0.2, 0) is 4.74 Å². The smallest absolute Gasteiger partial charge is 0.0870 e. The van der Waals surface area contributed by atoms with Crippen molar-refractivity contribution in [3.63, 3.8) is 0 Å². The molecule has 1 saturated carbocycles. The molecule has 1 fully saturated rings. The fourth-order valence-electron chi connectivity index (χ4n) is 3.42. The normalized spacial score (nSPS) is 19.7. The van der Waals surface area contributed by atoms with Crippen LogP contribution >= 0.6 is 0 Å². The van der Waals surface area contributed by atoms with E-state index >= 15 is 0 Å². The van der Waals surface area contributed by atoms with E-state index in [1.807, 2.05) is 0 Å². The number of hydrogen-bond acceptors (Lipinski definition) is 2. The highest BCUT2D eigenvalue weighted by molar-refractivity contribution is 5.86. The van der Waals surface area contributed by atoms with E-state index in [0.717, 1.165) is 12.8 Å². The summed E-state index contributed by atoms with van der Waals surface area (Å²) in [7, 11) is 1.80. The third kappa shape index (κ3) is 2.05. The van der Waals surface area contributed by atoms with Gasteiger partial charge in [-0.25, -0.2) is 0 Å². The van der Waals surface area contributed by atoms with Crippen molar-refractivity contribution in [3.05, 3.63) is 48.0 Å².